The molecule has 0 amide bonds. The minimum atomic E-state index is -0.113. The Morgan fingerprint density at radius 1 is 1.56 bits per heavy atom. The van der Waals surface area contributed by atoms with Crippen molar-refractivity contribution in [3.8, 4) is 0 Å². The molecule has 0 rings (SSSR count). The van der Waals surface area contributed by atoms with Crippen molar-refractivity contribution in [3.05, 3.63) is 10.7 Å². The van der Waals surface area contributed by atoms with E-state index >= 15 is 0 Å². The van der Waals surface area contributed by atoms with E-state index in [1.807, 2.05) is 0 Å². The Hall–Kier alpha value is -0.250. The van der Waals surface area contributed by atoms with Crippen molar-refractivity contribution in [3.63, 3.8) is 0 Å². The summed E-state index contributed by atoms with van der Waals surface area (Å²) in [5.74, 6) is 4.92. The second-order valence-corrected chi connectivity index (χ2v) is 2.15. The van der Waals surface area contributed by atoms with Crippen LogP contribution in [0.3, 0.4) is 0 Å². The van der Waals surface area contributed by atoms with E-state index in [1.165, 1.54) is 0 Å². The molecule has 0 unspecified atom stereocenters. The SMILES string of the molecule is C/C(C(=N)Cl)=C(\Cl)NN. The summed E-state index contributed by atoms with van der Waals surface area (Å²) >= 11 is 10.7. The molecule has 5 heteroatoms. The van der Waals surface area contributed by atoms with E-state index in [1.54, 1.807) is 6.92 Å². The van der Waals surface area contributed by atoms with Gasteiger partial charge < -0.3 is 5.43 Å². The summed E-state index contributed by atoms with van der Waals surface area (Å²) in [7, 11) is 0. The summed E-state index contributed by atoms with van der Waals surface area (Å²) < 4.78 is 0. The molecule has 0 aromatic carbocycles. The highest BCUT2D eigenvalue weighted by atomic mass is 35.5. The largest absolute Gasteiger partial charge is 0.314 e. The predicted molar refractivity (Wildman–Crippen MR) is 39.5 cm³/mol. The van der Waals surface area contributed by atoms with Crippen molar-refractivity contribution in [2.45, 2.75) is 6.92 Å². The highest BCUT2D eigenvalue weighted by molar-refractivity contribution is 6.69. The summed E-state index contributed by atoms with van der Waals surface area (Å²) in [5.41, 5.74) is 2.60. The van der Waals surface area contributed by atoms with Crippen molar-refractivity contribution < 1.29 is 0 Å². The van der Waals surface area contributed by atoms with Crippen molar-refractivity contribution in [2.24, 2.45) is 5.84 Å². The number of nitrogens with two attached hydrogens (primary N) is 1. The zero-order valence-corrected chi connectivity index (χ0v) is 6.35. The van der Waals surface area contributed by atoms with Crippen LogP contribution in [0.2, 0.25) is 0 Å². The van der Waals surface area contributed by atoms with Crippen LogP contribution in [0.4, 0.5) is 0 Å². The van der Waals surface area contributed by atoms with Gasteiger partial charge in [-0.1, -0.05) is 23.2 Å². The van der Waals surface area contributed by atoms with E-state index in [0.29, 0.717) is 5.57 Å². The molecule has 0 aromatic heterocycles. The molecule has 3 nitrogen and oxygen atoms in total. The standard InChI is InChI=1S/C4H7Cl2N3/c1-2(3(5)7)4(6)9-8/h7,9H,8H2,1H3/b4-2-,7-3?. The van der Waals surface area contributed by atoms with Gasteiger partial charge in [0.2, 0.25) is 0 Å². The lowest BCUT2D eigenvalue weighted by atomic mass is 10.4. The summed E-state index contributed by atoms with van der Waals surface area (Å²) in [6.07, 6.45) is 0. The van der Waals surface area contributed by atoms with Gasteiger partial charge in [-0.3, -0.25) is 5.41 Å². The molecule has 4 N–H and O–H groups in total. The van der Waals surface area contributed by atoms with E-state index in [2.05, 4.69) is 5.43 Å². The molecule has 0 radical (unpaired) electrons. The van der Waals surface area contributed by atoms with Gasteiger partial charge in [-0.15, -0.1) is 0 Å². The quantitative estimate of drug-likeness (QED) is 0.250. The fraction of sp³-hybridized carbons (Fsp3) is 0.250. The van der Waals surface area contributed by atoms with Gasteiger partial charge in [0.1, 0.15) is 10.3 Å². The molecule has 0 fully saturated rings. The summed E-state index contributed by atoms with van der Waals surface area (Å²) in [4.78, 5) is 0. The van der Waals surface area contributed by atoms with E-state index in [4.69, 9.17) is 34.5 Å². The average molecular weight is 168 g/mol. The number of hydrazine groups is 1. The molecule has 0 aliphatic rings. The van der Waals surface area contributed by atoms with Crippen molar-refractivity contribution in [1.82, 2.24) is 5.43 Å². The fourth-order valence-corrected chi connectivity index (χ4v) is 0.442. The maximum Gasteiger partial charge on any atom is 0.126 e. The first-order chi connectivity index (χ1) is 4.09. The lowest BCUT2D eigenvalue weighted by Crippen LogP contribution is -2.19. The molecular weight excluding hydrogens is 161 g/mol. The monoisotopic (exact) mass is 167 g/mol. The molecule has 0 atom stereocenters. The summed E-state index contributed by atoms with van der Waals surface area (Å²) in [5, 5.41) is 6.94. The number of rotatable bonds is 2. The number of hydrogen-bond acceptors (Lipinski definition) is 3. The Labute approximate surface area is 63.3 Å². The smallest absolute Gasteiger partial charge is 0.126 e. The molecule has 0 aromatic rings. The molecule has 52 valence electrons. The van der Waals surface area contributed by atoms with Gasteiger partial charge in [0.25, 0.3) is 0 Å². The number of allylic oxidation sites excluding steroid dienone is 1. The zero-order valence-electron chi connectivity index (χ0n) is 4.83. The Morgan fingerprint density at radius 3 is 2.11 bits per heavy atom. The van der Waals surface area contributed by atoms with Gasteiger partial charge in [0.05, 0.1) is 0 Å². The summed E-state index contributed by atoms with van der Waals surface area (Å²) in [6.45, 7) is 1.59. The lowest BCUT2D eigenvalue weighted by molar-refractivity contribution is 0.936. The maximum atomic E-state index is 6.86. The first-order valence-corrected chi connectivity index (χ1v) is 2.92. The van der Waals surface area contributed by atoms with Crippen LogP contribution in [0.15, 0.2) is 10.7 Å². The summed E-state index contributed by atoms with van der Waals surface area (Å²) in [6, 6.07) is 0. The first kappa shape index (κ1) is 8.75. The van der Waals surface area contributed by atoms with Crippen LogP contribution >= 0.6 is 23.2 Å². The third-order valence-electron chi connectivity index (χ3n) is 0.785. The Balaban J connectivity index is 4.28. The average Bonchev–Trinajstić information content (AvgIpc) is 1.84. The topological polar surface area (TPSA) is 61.9 Å². The van der Waals surface area contributed by atoms with E-state index < -0.39 is 0 Å². The van der Waals surface area contributed by atoms with E-state index in [0.717, 1.165) is 0 Å². The highest BCUT2D eigenvalue weighted by Crippen LogP contribution is 2.07. The molecule has 0 saturated heterocycles. The lowest BCUT2D eigenvalue weighted by Gasteiger charge is -1.99. The Kier molecular flexibility index (Phi) is 3.61. The molecule has 0 bridgehead atoms. The predicted octanol–water partition coefficient (Wildman–Crippen LogP) is 1.14. The molecule has 9 heavy (non-hydrogen) atoms. The van der Waals surface area contributed by atoms with Gasteiger partial charge >= 0.3 is 0 Å². The van der Waals surface area contributed by atoms with Crippen LogP contribution in [-0.4, -0.2) is 5.17 Å². The Bertz CT molecular complexity index is 152. The van der Waals surface area contributed by atoms with Gasteiger partial charge in [-0.2, -0.15) is 0 Å². The highest BCUT2D eigenvalue weighted by Gasteiger charge is 1.99. The molecule has 0 heterocycles. The molecule has 0 spiro atoms. The second kappa shape index (κ2) is 3.71. The Morgan fingerprint density at radius 2 is 2.00 bits per heavy atom. The molecule has 0 saturated carbocycles. The maximum absolute atomic E-state index is 6.86. The number of nitrogens with one attached hydrogen (secondary N) is 2. The third-order valence-corrected chi connectivity index (χ3v) is 1.46. The van der Waals surface area contributed by atoms with Crippen LogP contribution < -0.4 is 11.3 Å². The molecule has 0 aliphatic carbocycles. The third kappa shape index (κ3) is 2.70. The van der Waals surface area contributed by atoms with Crippen molar-refractivity contribution >= 4 is 28.4 Å². The van der Waals surface area contributed by atoms with Gasteiger partial charge in [-0.25, -0.2) is 5.84 Å². The van der Waals surface area contributed by atoms with Crippen molar-refractivity contribution in [1.29, 1.82) is 5.41 Å². The normalized spacial score (nSPS) is 12.4. The first-order valence-electron chi connectivity index (χ1n) is 2.17. The minimum Gasteiger partial charge on any atom is -0.314 e. The number of halogens is 2. The second-order valence-electron chi connectivity index (χ2n) is 1.40. The van der Waals surface area contributed by atoms with Crippen LogP contribution in [0.1, 0.15) is 6.92 Å². The van der Waals surface area contributed by atoms with Crippen LogP contribution in [0, 0.1) is 5.41 Å². The van der Waals surface area contributed by atoms with Gasteiger partial charge in [0.15, 0.2) is 0 Å². The van der Waals surface area contributed by atoms with Gasteiger partial charge in [0, 0.05) is 5.57 Å². The van der Waals surface area contributed by atoms with E-state index in [-0.39, 0.29) is 10.3 Å². The fourth-order valence-electron chi connectivity index (χ4n) is 0.205. The van der Waals surface area contributed by atoms with Gasteiger partial charge in [-0.05, 0) is 6.92 Å². The van der Waals surface area contributed by atoms with Crippen LogP contribution in [-0.2, 0) is 0 Å². The molecular formula is C4H7Cl2N3. The molecule has 0 aliphatic heterocycles. The zero-order chi connectivity index (χ0) is 7.44. The van der Waals surface area contributed by atoms with E-state index in [9.17, 15) is 0 Å². The van der Waals surface area contributed by atoms with Crippen molar-refractivity contribution in [2.75, 3.05) is 0 Å². The number of hydrogen-bond donors (Lipinski definition) is 3. The van der Waals surface area contributed by atoms with Crippen LogP contribution in [0.25, 0.3) is 0 Å². The van der Waals surface area contributed by atoms with Crippen LogP contribution in [0.5, 0.6) is 0 Å². The minimum absolute atomic E-state index is 0.113.